The third-order valence-electron chi connectivity index (χ3n) is 4.18. The molecule has 0 bridgehead atoms. The Morgan fingerprint density at radius 2 is 1.73 bits per heavy atom. The summed E-state index contributed by atoms with van der Waals surface area (Å²) >= 11 is 0. The fraction of sp³-hybridized carbons (Fsp3) is 0.333. The minimum atomic E-state index is -0.0802. The lowest BCUT2D eigenvalue weighted by Gasteiger charge is -2.20. The molecule has 138 valence electrons. The Morgan fingerprint density at radius 3 is 2.38 bits per heavy atom. The molecule has 5 nitrogen and oxygen atoms in total. The molecule has 0 fully saturated rings. The quantitative estimate of drug-likeness (QED) is 0.664. The molecular weight excluding hydrogens is 332 g/mol. The summed E-state index contributed by atoms with van der Waals surface area (Å²) < 4.78 is 28.0. The lowest BCUT2D eigenvalue weighted by Crippen LogP contribution is -2.16. The summed E-state index contributed by atoms with van der Waals surface area (Å²) in [5.74, 6) is 3.47. The maximum absolute atomic E-state index is 6.17. The molecule has 1 heterocycles. The van der Waals surface area contributed by atoms with Crippen molar-refractivity contribution in [3.05, 3.63) is 54.1 Å². The molecule has 5 heteroatoms. The molecule has 0 aliphatic carbocycles. The Balaban J connectivity index is 1.77. The third kappa shape index (κ3) is 3.87. The SMILES string of the molecule is C=CCc1cc(OC)c(OC(C)Cc2ccc3c(c2)OCO3)c(OC)c1. The summed E-state index contributed by atoms with van der Waals surface area (Å²) in [6, 6.07) is 9.84. The van der Waals surface area contributed by atoms with Crippen LogP contribution in [0.25, 0.3) is 0 Å². The summed E-state index contributed by atoms with van der Waals surface area (Å²) in [5, 5.41) is 0. The molecule has 2 aromatic carbocycles. The Bertz CT molecular complexity index is 759. The van der Waals surface area contributed by atoms with Crippen LogP contribution >= 0.6 is 0 Å². The molecule has 1 aliphatic heterocycles. The molecule has 3 rings (SSSR count). The number of hydrogen-bond donors (Lipinski definition) is 0. The summed E-state index contributed by atoms with van der Waals surface area (Å²) in [7, 11) is 3.25. The fourth-order valence-electron chi connectivity index (χ4n) is 2.98. The van der Waals surface area contributed by atoms with Crippen LogP contribution in [0, 0.1) is 0 Å². The van der Waals surface area contributed by atoms with Gasteiger partial charge in [-0.25, -0.2) is 0 Å². The summed E-state index contributed by atoms with van der Waals surface area (Å²) in [5.41, 5.74) is 2.17. The highest BCUT2D eigenvalue weighted by Gasteiger charge is 2.18. The molecule has 0 saturated carbocycles. The number of hydrogen-bond acceptors (Lipinski definition) is 5. The van der Waals surface area contributed by atoms with Crippen LogP contribution in [-0.4, -0.2) is 27.1 Å². The molecule has 0 spiro atoms. The first-order chi connectivity index (χ1) is 12.6. The van der Waals surface area contributed by atoms with E-state index >= 15 is 0 Å². The zero-order chi connectivity index (χ0) is 18.5. The van der Waals surface area contributed by atoms with E-state index in [2.05, 4.69) is 6.58 Å². The lowest BCUT2D eigenvalue weighted by atomic mass is 10.1. The van der Waals surface area contributed by atoms with Gasteiger partial charge in [0, 0.05) is 6.42 Å². The molecule has 0 amide bonds. The maximum Gasteiger partial charge on any atom is 0.231 e. The van der Waals surface area contributed by atoms with Crippen molar-refractivity contribution in [3.63, 3.8) is 0 Å². The normalized spacial score (nSPS) is 13.2. The van der Waals surface area contributed by atoms with Crippen molar-refractivity contribution in [2.45, 2.75) is 25.9 Å². The van der Waals surface area contributed by atoms with Gasteiger partial charge < -0.3 is 23.7 Å². The first kappa shape index (κ1) is 18.0. The van der Waals surface area contributed by atoms with E-state index in [9.17, 15) is 0 Å². The lowest BCUT2D eigenvalue weighted by molar-refractivity contribution is 0.174. The van der Waals surface area contributed by atoms with Crippen LogP contribution in [0.1, 0.15) is 18.1 Å². The Kier molecular flexibility index (Phi) is 5.56. The zero-order valence-electron chi connectivity index (χ0n) is 15.4. The maximum atomic E-state index is 6.17. The van der Waals surface area contributed by atoms with Crippen LogP contribution in [0.5, 0.6) is 28.7 Å². The molecule has 0 radical (unpaired) electrons. The van der Waals surface area contributed by atoms with E-state index in [1.165, 1.54) is 0 Å². The molecule has 2 aromatic rings. The van der Waals surface area contributed by atoms with E-state index in [1.54, 1.807) is 14.2 Å². The van der Waals surface area contributed by atoms with E-state index in [4.69, 9.17) is 23.7 Å². The van der Waals surface area contributed by atoms with Crippen LogP contribution in [0.3, 0.4) is 0 Å². The van der Waals surface area contributed by atoms with Crippen LogP contribution in [-0.2, 0) is 12.8 Å². The van der Waals surface area contributed by atoms with Gasteiger partial charge in [0.05, 0.1) is 14.2 Å². The highest BCUT2D eigenvalue weighted by atomic mass is 16.7. The number of ether oxygens (including phenoxy) is 5. The predicted octanol–water partition coefficient (Wildman–Crippen LogP) is 4.17. The molecule has 26 heavy (non-hydrogen) atoms. The van der Waals surface area contributed by atoms with Crippen molar-refractivity contribution in [3.8, 4) is 28.7 Å². The minimum Gasteiger partial charge on any atom is -0.493 e. The molecule has 1 unspecified atom stereocenters. The largest absolute Gasteiger partial charge is 0.493 e. The standard InChI is InChI=1S/C21H24O5/c1-5-6-15-11-19(22-3)21(20(12-15)23-4)26-14(2)9-16-7-8-17-18(10-16)25-13-24-17/h5,7-8,10-12,14H,1,6,9,13H2,2-4H3. The molecule has 1 atom stereocenters. The molecule has 0 N–H and O–H groups in total. The van der Waals surface area contributed by atoms with Gasteiger partial charge in [0.1, 0.15) is 6.10 Å². The second-order valence-electron chi connectivity index (χ2n) is 6.14. The van der Waals surface area contributed by atoms with Gasteiger partial charge in [0.15, 0.2) is 23.0 Å². The van der Waals surface area contributed by atoms with E-state index in [1.807, 2.05) is 43.3 Å². The first-order valence-electron chi connectivity index (χ1n) is 8.55. The first-order valence-corrected chi connectivity index (χ1v) is 8.55. The Morgan fingerprint density at radius 1 is 1.04 bits per heavy atom. The Labute approximate surface area is 154 Å². The van der Waals surface area contributed by atoms with Gasteiger partial charge in [-0.1, -0.05) is 12.1 Å². The number of fused-ring (bicyclic) bond motifs is 1. The van der Waals surface area contributed by atoms with E-state index < -0.39 is 0 Å². The van der Waals surface area contributed by atoms with Crippen LogP contribution in [0.4, 0.5) is 0 Å². The highest BCUT2D eigenvalue weighted by Crippen LogP contribution is 2.40. The molecule has 0 saturated heterocycles. The fourth-order valence-corrected chi connectivity index (χ4v) is 2.98. The highest BCUT2D eigenvalue weighted by molar-refractivity contribution is 5.54. The van der Waals surface area contributed by atoms with Crippen LogP contribution < -0.4 is 23.7 Å². The van der Waals surface area contributed by atoms with Gasteiger partial charge in [0.25, 0.3) is 0 Å². The number of benzene rings is 2. The molecular formula is C21H24O5. The van der Waals surface area contributed by atoms with E-state index in [0.717, 1.165) is 35.5 Å². The second-order valence-corrected chi connectivity index (χ2v) is 6.14. The van der Waals surface area contributed by atoms with Gasteiger partial charge in [-0.3, -0.25) is 0 Å². The van der Waals surface area contributed by atoms with Gasteiger partial charge in [-0.15, -0.1) is 6.58 Å². The molecule has 0 aromatic heterocycles. The average Bonchev–Trinajstić information content (AvgIpc) is 3.10. The van der Waals surface area contributed by atoms with E-state index in [-0.39, 0.29) is 12.9 Å². The van der Waals surface area contributed by atoms with E-state index in [0.29, 0.717) is 17.2 Å². The second kappa shape index (κ2) is 8.04. The monoisotopic (exact) mass is 356 g/mol. The van der Waals surface area contributed by atoms with Gasteiger partial charge in [-0.05, 0) is 48.7 Å². The number of allylic oxidation sites excluding steroid dienone is 1. The van der Waals surface area contributed by atoms with Crippen LogP contribution in [0.15, 0.2) is 43.0 Å². The summed E-state index contributed by atoms with van der Waals surface area (Å²) in [6.07, 6.45) is 3.22. The van der Waals surface area contributed by atoms with Crippen molar-refractivity contribution < 1.29 is 23.7 Å². The predicted molar refractivity (Wildman–Crippen MR) is 99.8 cm³/mol. The van der Waals surface area contributed by atoms with Crippen LogP contribution in [0.2, 0.25) is 0 Å². The number of methoxy groups -OCH3 is 2. The van der Waals surface area contributed by atoms with Crippen molar-refractivity contribution in [1.29, 1.82) is 0 Å². The minimum absolute atomic E-state index is 0.0802. The van der Waals surface area contributed by atoms with Crippen molar-refractivity contribution in [1.82, 2.24) is 0 Å². The molecule has 1 aliphatic rings. The number of rotatable bonds is 8. The van der Waals surface area contributed by atoms with Gasteiger partial charge in [0.2, 0.25) is 12.5 Å². The van der Waals surface area contributed by atoms with Crippen molar-refractivity contribution in [2.75, 3.05) is 21.0 Å². The topological polar surface area (TPSA) is 46.2 Å². The van der Waals surface area contributed by atoms with Crippen molar-refractivity contribution >= 4 is 0 Å². The summed E-state index contributed by atoms with van der Waals surface area (Å²) in [4.78, 5) is 0. The zero-order valence-corrected chi connectivity index (χ0v) is 15.4. The Hall–Kier alpha value is -2.82. The average molecular weight is 356 g/mol. The van der Waals surface area contributed by atoms with Gasteiger partial charge in [-0.2, -0.15) is 0 Å². The van der Waals surface area contributed by atoms with Gasteiger partial charge >= 0.3 is 0 Å². The smallest absolute Gasteiger partial charge is 0.231 e. The summed E-state index contributed by atoms with van der Waals surface area (Å²) in [6.45, 7) is 6.07. The third-order valence-corrected chi connectivity index (χ3v) is 4.18. The van der Waals surface area contributed by atoms with Crippen molar-refractivity contribution in [2.24, 2.45) is 0 Å².